The van der Waals surface area contributed by atoms with Gasteiger partial charge < -0.3 is 14.8 Å². The van der Waals surface area contributed by atoms with E-state index in [9.17, 15) is 5.11 Å². The van der Waals surface area contributed by atoms with Gasteiger partial charge >= 0.3 is 0 Å². The van der Waals surface area contributed by atoms with Gasteiger partial charge in [0.15, 0.2) is 0 Å². The van der Waals surface area contributed by atoms with Crippen molar-refractivity contribution in [1.82, 2.24) is 5.32 Å². The Hall–Kier alpha value is -0.800. The van der Waals surface area contributed by atoms with Crippen LogP contribution in [0.25, 0.3) is 0 Å². The highest BCUT2D eigenvalue weighted by Gasteiger charge is 2.32. The molecule has 0 amide bonds. The van der Waals surface area contributed by atoms with Crippen LogP contribution in [0.4, 0.5) is 0 Å². The van der Waals surface area contributed by atoms with E-state index in [1.165, 1.54) is 6.42 Å². The molecule has 1 heterocycles. The average molecular weight is 251 g/mol. The molecule has 0 spiro atoms. The predicted molar refractivity (Wildman–Crippen MR) is 72.4 cm³/mol. The van der Waals surface area contributed by atoms with Gasteiger partial charge in [-0.25, -0.2) is 0 Å². The van der Waals surface area contributed by atoms with E-state index in [0.29, 0.717) is 19.0 Å². The minimum Gasteiger partial charge on any atom is -0.465 e. The van der Waals surface area contributed by atoms with Gasteiger partial charge in [0.1, 0.15) is 11.5 Å². The second kappa shape index (κ2) is 5.89. The van der Waals surface area contributed by atoms with Crippen molar-refractivity contribution < 1.29 is 9.52 Å². The number of furan rings is 1. The molecule has 18 heavy (non-hydrogen) atoms. The zero-order valence-corrected chi connectivity index (χ0v) is 11.5. The van der Waals surface area contributed by atoms with Crippen LogP contribution >= 0.6 is 0 Å². The smallest absolute Gasteiger partial charge is 0.117 e. The van der Waals surface area contributed by atoms with Gasteiger partial charge in [0.25, 0.3) is 0 Å². The molecule has 1 aliphatic carbocycles. The molecule has 2 unspecified atom stereocenters. The van der Waals surface area contributed by atoms with Gasteiger partial charge in [0, 0.05) is 13.0 Å². The Bertz CT molecular complexity index is 374. The van der Waals surface area contributed by atoms with Crippen LogP contribution in [0.1, 0.15) is 51.1 Å². The Morgan fingerprint density at radius 2 is 2.22 bits per heavy atom. The lowest BCUT2D eigenvalue weighted by Gasteiger charge is -2.35. The van der Waals surface area contributed by atoms with E-state index >= 15 is 0 Å². The van der Waals surface area contributed by atoms with E-state index in [1.54, 1.807) is 0 Å². The fourth-order valence-electron chi connectivity index (χ4n) is 2.92. The molecule has 2 atom stereocenters. The van der Waals surface area contributed by atoms with E-state index in [-0.39, 0.29) is 0 Å². The van der Waals surface area contributed by atoms with Crippen molar-refractivity contribution in [2.24, 2.45) is 5.92 Å². The second-order valence-corrected chi connectivity index (χ2v) is 5.75. The Morgan fingerprint density at radius 3 is 2.89 bits per heavy atom. The number of aliphatic hydroxyl groups is 1. The highest BCUT2D eigenvalue weighted by atomic mass is 16.3. The summed E-state index contributed by atoms with van der Waals surface area (Å²) in [6.45, 7) is 5.68. The molecule has 0 radical (unpaired) electrons. The molecule has 2 rings (SSSR count). The summed E-state index contributed by atoms with van der Waals surface area (Å²) in [5.41, 5.74) is -0.516. The molecule has 0 aliphatic heterocycles. The molecule has 1 fully saturated rings. The third kappa shape index (κ3) is 3.59. The molecule has 2 N–H and O–H groups in total. The normalized spacial score (nSPS) is 28.5. The maximum absolute atomic E-state index is 10.5. The van der Waals surface area contributed by atoms with E-state index in [2.05, 4.69) is 19.2 Å². The molecule has 0 saturated heterocycles. The lowest BCUT2D eigenvalue weighted by molar-refractivity contribution is -0.0121. The lowest BCUT2D eigenvalue weighted by Crippen LogP contribution is -2.43. The molecule has 0 bridgehead atoms. The number of hydrogen-bond acceptors (Lipinski definition) is 3. The summed E-state index contributed by atoms with van der Waals surface area (Å²) in [5, 5.41) is 13.8. The molecule has 1 saturated carbocycles. The summed E-state index contributed by atoms with van der Waals surface area (Å²) in [4.78, 5) is 0. The Morgan fingerprint density at radius 1 is 1.44 bits per heavy atom. The first kappa shape index (κ1) is 13.6. The van der Waals surface area contributed by atoms with Gasteiger partial charge in [0.2, 0.25) is 0 Å². The summed E-state index contributed by atoms with van der Waals surface area (Å²) in [5.74, 6) is 2.62. The third-order valence-electron chi connectivity index (χ3n) is 3.89. The second-order valence-electron chi connectivity index (χ2n) is 5.75. The zero-order valence-electron chi connectivity index (χ0n) is 11.5. The van der Waals surface area contributed by atoms with Crippen molar-refractivity contribution in [3.63, 3.8) is 0 Å². The maximum atomic E-state index is 10.5. The summed E-state index contributed by atoms with van der Waals surface area (Å²) < 4.78 is 5.63. The number of hydrogen-bond donors (Lipinski definition) is 2. The quantitative estimate of drug-likeness (QED) is 0.846. The van der Waals surface area contributed by atoms with E-state index in [0.717, 1.165) is 37.2 Å². The molecular weight excluding hydrogens is 226 g/mol. The monoisotopic (exact) mass is 251 g/mol. The van der Waals surface area contributed by atoms with Crippen LogP contribution in [0, 0.1) is 5.92 Å². The maximum Gasteiger partial charge on any atom is 0.117 e. The summed E-state index contributed by atoms with van der Waals surface area (Å²) in [6, 6.07) is 4.04. The van der Waals surface area contributed by atoms with Gasteiger partial charge in [0.05, 0.1) is 12.1 Å². The van der Waals surface area contributed by atoms with Crippen molar-refractivity contribution in [2.75, 3.05) is 6.54 Å². The van der Waals surface area contributed by atoms with Gasteiger partial charge in [-0.1, -0.05) is 26.7 Å². The van der Waals surface area contributed by atoms with Crippen molar-refractivity contribution >= 4 is 0 Å². The van der Waals surface area contributed by atoms with Gasteiger partial charge in [-0.2, -0.15) is 0 Å². The molecule has 1 aromatic heterocycles. The fraction of sp³-hybridized carbons (Fsp3) is 0.733. The average Bonchev–Trinajstić information content (AvgIpc) is 2.76. The molecule has 3 heteroatoms. The highest BCUT2D eigenvalue weighted by Crippen LogP contribution is 2.31. The van der Waals surface area contributed by atoms with Crippen LogP contribution in [0.5, 0.6) is 0 Å². The minimum absolute atomic E-state index is 0.516. The van der Waals surface area contributed by atoms with Crippen molar-refractivity contribution in [1.29, 1.82) is 0 Å². The van der Waals surface area contributed by atoms with Crippen molar-refractivity contribution in [3.05, 3.63) is 23.7 Å². The van der Waals surface area contributed by atoms with Crippen molar-refractivity contribution in [2.45, 2.75) is 58.1 Å². The van der Waals surface area contributed by atoms with E-state index in [4.69, 9.17) is 4.42 Å². The third-order valence-corrected chi connectivity index (χ3v) is 3.89. The van der Waals surface area contributed by atoms with E-state index in [1.807, 2.05) is 12.1 Å². The van der Waals surface area contributed by atoms with Crippen LogP contribution in [0.2, 0.25) is 0 Å². The Labute approximate surface area is 110 Å². The first-order valence-corrected chi connectivity index (χ1v) is 7.12. The van der Waals surface area contributed by atoms with Crippen LogP contribution in [0.3, 0.4) is 0 Å². The Balaban J connectivity index is 1.77. The standard InChI is InChI=1S/C15H25NO2/c1-3-13-6-7-14(18-13)10-16-11-15(17)8-4-5-12(2)9-15/h6-7,12,16-17H,3-5,8-11H2,1-2H3. The fourth-order valence-corrected chi connectivity index (χ4v) is 2.92. The topological polar surface area (TPSA) is 45.4 Å². The summed E-state index contributed by atoms with van der Waals surface area (Å²) in [7, 11) is 0. The largest absolute Gasteiger partial charge is 0.465 e. The lowest BCUT2D eigenvalue weighted by atomic mass is 9.79. The minimum atomic E-state index is -0.516. The number of aryl methyl sites for hydroxylation is 1. The highest BCUT2D eigenvalue weighted by molar-refractivity contribution is 5.06. The van der Waals surface area contributed by atoms with Crippen LogP contribution < -0.4 is 5.32 Å². The summed E-state index contributed by atoms with van der Waals surface area (Å²) in [6.07, 6.45) is 5.16. The van der Waals surface area contributed by atoms with Gasteiger partial charge in [-0.05, 0) is 30.9 Å². The van der Waals surface area contributed by atoms with Gasteiger partial charge in [-0.15, -0.1) is 0 Å². The molecule has 3 nitrogen and oxygen atoms in total. The van der Waals surface area contributed by atoms with Crippen LogP contribution in [-0.2, 0) is 13.0 Å². The molecule has 1 aliphatic rings. The Kier molecular flexibility index (Phi) is 4.46. The zero-order chi connectivity index (χ0) is 13.0. The van der Waals surface area contributed by atoms with E-state index < -0.39 is 5.60 Å². The first-order chi connectivity index (χ1) is 8.61. The summed E-state index contributed by atoms with van der Waals surface area (Å²) >= 11 is 0. The molecule has 102 valence electrons. The molecule has 0 aromatic carbocycles. The number of nitrogens with one attached hydrogen (secondary N) is 1. The molecule has 1 aromatic rings. The van der Waals surface area contributed by atoms with Crippen LogP contribution in [-0.4, -0.2) is 17.3 Å². The van der Waals surface area contributed by atoms with Gasteiger partial charge in [-0.3, -0.25) is 0 Å². The first-order valence-electron chi connectivity index (χ1n) is 7.12. The van der Waals surface area contributed by atoms with Crippen LogP contribution in [0.15, 0.2) is 16.5 Å². The predicted octanol–water partition coefficient (Wildman–Crippen LogP) is 2.87. The molecular formula is C15H25NO2. The SMILES string of the molecule is CCc1ccc(CNCC2(O)CCCC(C)C2)o1. The number of rotatable bonds is 5. The van der Waals surface area contributed by atoms with Crippen molar-refractivity contribution in [3.8, 4) is 0 Å².